The van der Waals surface area contributed by atoms with E-state index in [9.17, 15) is 13.2 Å². The van der Waals surface area contributed by atoms with Crippen LogP contribution in [-0.4, -0.2) is 61.2 Å². The van der Waals surface area contributed by atoms with Gasteiger partial charge in [-0.1, -0.05) is 17.7 Å². The first-order valence-corrected chi connectivity index (χ1v) is 10.3. The number of anilines is 1. The van der Waals surface area contributed by atoms with Gasteiger partial charge in [-0.2, -0.15) is 4.31 Å². The van der Waals surface area contributed by atoms with Gasteiger partial charge in [0.2, 0.25) is 15.9 Å². The molecule has 7 nitrogen and oxygen atoms in total. The van der Waals surface area contributed by atoms with Crippen molar-refractivity contribution in [2.24, 2.45) is 0 Å². The monoisotopic (exact) mass is 388 g/mol. The number of amides is 1. The third-order valence-electron chi connectivity index (χ3n) is 4.54. The van der Waals surface area contributed by atoms with E-state index in [0.717, 1.165) is 11.1 Å². The molecule has 0 aliphatic carbocycles. The molecule has 8 heteroatoms. The summed E-state index contributed by atoms with van der Waals surface area (Å²) in [5.41, 5.74) is 2.04. The van der Waals surface area contributed by atoms with Crippen LogP contribution in [0.3, 0.4) is 0 Å². The summed E-state index contributed by atoms with van der Waals surface area (Å²) in [6.45, 7) is 5.84. The van der Waals surface area contributed by atoms with E-state index in [1.165, 1.54) is 4.31 Å². The Labute approximate surface area is 160 Å². The molecule has 1 fully saturated rings. The minimum absolute atomic E-state index is 0.150. The van der Waals surface area contributed by atoms with E-state index in [-0.39, 0.29) is 12.5 Å². The second-order valence-electron chi connectivity index (χ2n) is 6.76. The number of carbonyl (C=O) groups is 1. The van der Waals surface area contributed by atoms with Gasteiger partial charge in [-0.25, -0.2) is 13.4 Å². The van der Waals surface area contributed by atoms with E-state index in [0.29, 0.717) is 36.9 Å². The van der Waals surface area contributed by atoms with E-state index in [2.05, 4.69) is 10.3 Å². The molecule has 2 heterocycles. The molecular weight excluding hydrogens is 364 g/mol. The highest BCUT2D eigenvalue weighted by Crippen LogP contribution is 2.18. The molecule has 144 valence electrons. The Morgan fingerprint density at radius 1 is 1.04 bits per heavy atom. The Hall–Kier alpha value is -2.29. The lowest BCUT2D eigenvalue weighted by Crippen LogP contribution is -2.50. The molecule has 0 saturated carbocycles. The second kappa shape index (κ2) is 8.16. The fraction of sp³-hybridized carbons (Fsp3) is 0.368. The van der Waals surface area contributed by atoms with Gasteiger partial charge in [-0.3, -0.25) is 9.69 Å². The summed E-state index contributed by atoms with van der Waals surface area (Å²) in [6.07, 6.45) is 1.65. The van der Waals surface area contributed by atoms with Crippen LogP contribution >= 0.6 is 0 Å². The van der Waals surface area contributed by atoms with Crippen molar-refractivity contribution in [3.8, 4) is 0 Å². The highest BCUT2D eigenvalue weighted by Gasteiger charge is 2.29. The quantitative estimate of drug-likeness (QED) is 0.842. The van der Waals surface area contributed by atoms with Crippen LogP contribution in [0.4, 0.5) is 5.82 Å². The van der Waals surface area contributed by atoms with E-state index in [1.807, 2.05) is 30.9 Å². The van der Waals surface area contributed by atoms with Crippen LogP contribution in [0.5, 0.6) is 0 Å². The molecule has 2 aromatic rings. The first-order chi connectivity index (χ1) is 12.8. The molecular formula is C19H24N4O3S. The molecule has 1 amide bonds. The highest BCUT2D eigenvalue weighted by molar-refractivity contribution is 7.89. The molecule has 1 saturated heterocycles. The molecule has 0 spiro atoms. The molecule has 1 aromatic carbocycles. The van der Waals surface area contributed by atoms with Crippen LogP contribution in [0.15, 0.2) is 47.5 Å². The van der Waals surface area contributed by atoms with Crippen LogP contribution in [0.25, 0.3) is 0 Å². The van der Waals surface area contributed by atoms with Crippen LogP contribution < -0.4 is 5.32 Å². The Morgan fingerprint density at radius 3 is 2.33 bits per heavy atom. The van der Waals surface area contributed by atoms with Gasteiger partial charge < -0.3 is 5.32 Å². The van der Waals surface area contributed by atoms with Gasteiger partial charge in [0.15, 0.2) is 0 Å². The molecule has 0 unspecified atom stereocenters. The molecule has 0 bridgehead atoms. The number of carbonyl (C=O) groups excluding carboxylic acids is 1. The Morgan fingerprint density at radius 2 is 1.70 bits per heavy atom. The lowest BCUT2D eigenvalue weighted by molar-refractivity contribution is -0.117. The summed E-state index contributed by atoms with van der Waals surface area (Å²) < 4.78 is 26.9. The van der Waals surface area contributed by atoms with E-state index < -0.39 is 10.0 Å². The number of sulfonamides is 1. The van der Waals surface area contributed by atoms with E-state index in [1.54, 1.807) is 30.5 Å². The molecule has 1 aromatic heterocycles. The Kier molecular flexibility index (Phi) is 5.88. The minimum Gasteiger partial charge on any atom is -0.310 e. The standard InChI is InChI=1S/C19H24N4O3S/c1-15-3-5-17(6-4-15)27(25,26)23-11-9-22(10-12-23)14-19(24)21-18-13-16(2)7-8-20-18/h3-8,13H,9-12,14H2,1-2H3,(H,20,21,24). The van der Waals surface area contributed by atoms with Crippen molar-refractivity contribution >= 4 is 21.7 Å². The van der Waals surface area contributed by atoms with Crippen LogP contribution in [0, 0.1) is 13.8 Å². The zero-order valence-corrected chi connectivity index (χ0v) is 16.4. The van der Waals surface area contributed by atoms with Crippen molar-refractivity contribution < 1.29 is 13.2 Å². The molecule has 0 atom stereocenters. The number of piperazine rings is 1. The predicted molar refractivity (Wildman–Crippen MR) is 104 cm³/mol. The average Bonchev–Trinajstić information content (AvgIpc) is 2.62. The van der Waals surface area contributed by atoms with E-state index >= 15 is 0 Å². The van der Waals surface area contributed by atoms with E-state index in [4.69, 9.17) is 0 Å². The van der Waals surface area contributed by atoms with Gasteiger partial charge >= 0.3 is 0 Å². The lowest BCUT2D eigenvalue weighted by Gasteiger charge is -2.33. The number of nitrogens with zero attached hydrogens (tertiary/aromatic N) is 3. The van der Waals surface area contributed by atoms with Gasteiger partial charge in [0.25, 0.3) is 0 Å². The molecule has 1 aliphatic rings. The summed E-state index contributed by atoms with van der Waals surface area (Å²) in [6, 6.07) is 10.5. The maximum Gasteiger partial charge on any atom is 0.243 e. The van der Waals surface area contributed by atoms with Crippen molar-refractivity contribution in [1.29, 1.82) is 0 Å². The summed E-state index contributed by atoms with van der Waals surface area (Å²) in [7, 11) is -3.49. The third kappa shape index (κ3) is 4.91. The SMILES string of the molecule is Cc1ccc(S(=O)(=O)N2CCN(CC(=O)Nc3cc(C)ccn3)CC2)cc1. The van der Waals surface area contributed by atoms with Gasteiger partial charge in [0.05, 0.1) is 11.4 Å². The largest absolute Gasteiger partial charge is 0.310 e. The van der Waals surface area contributed by atoms with Gasteiger partial charge in [-0.05, 0) is 43.7 Å². The summed E-state index contributed by atoms with van der Waals surface area (Å²) in [5.74, 6) is 0.378. The average molecular weight is 388 g/mol. The minimum atomic E-state index is -3.49. The summed E-state index contributed by atoms with van der Waals surface area (Å²) >= 11 is 0. The molecule has 27 heavy (non-hydrogen) atoms. The maximum atomic E-state index is 12.7. The van der Waals surface area contributed by atoms with Gasteiger partial charge in [0, 0.05) is 32.4 Å². The number of aromatic nitrogens is 1. The molecule has 1 N–H and O–H groups in total. The number of benzene rings is 1. The fourth-order valence-corrected chi connectivity index (χ4v) is 4.40. The van der Waals surface area contributed by atoms with Crippen molar-refractivity contribution in [2.75, 3.05) is 38.0 Å². The van der Waals surface area contributed by atoms with Crippen molar-refractivity contribution in [3.63, 3.8) is 0 Å². The predicted octanol–water partition coefficient (Wildman–Crippen LogP) is 1.64. The zero-order chi connectivity index (χ0) is 19.4. The summed E-state index contributed by atoms with van der Waals surface area (Å²) in [4.78, 5) is 18.6. The van der Waals surface area contributed by atoms with Crippen molar-refractivity contribution in [3.05, 3.63) is 53.7 Å². The molecule has 0 radical (unpaired) electrons. The Bertz CT molecular complexity index is 905. The zero-order valence-electron chi connectivity index (χ0n) is 15.6. The molecule has 1 aliphatic heterocycles. The number of rotatable bonds is 5. The van der Waals surface area contributed by atoms with Crippen LogP contribution in [0.1, 0.15) is 11.1 Å². The first-order valence-electron chi connectivity index (χ1n) is 8.86. The smallest absolute Gasteiger partial charge is 0.243 e. The number of pyridine rings is 1. The number of hydrogen-bond donors (Lipinski definition) is 1. The molecule has 3 rings (SSSR count). The van der Waals surface area contributed by atoms with Crippen molar-refractivity contribution in [1.82, 2.24) is 14.2 Å². The second-order valence-corrected chi connectivity index (χ2v) is 8.70. The van der Waals surface area contributed by atoms with Crippen LogP contribution in [-0.2, 0) is 14.8 Å². The maximum absolute atomic E-state index is 12.7. The number of hydrogen-bond acceptors (Lipinski definition) is 5. The lowest BCUT2D eigenvalue weighted by atomic mass is 10.2. The van der Waals surface area contributed by atoms with Crippen LogP contribution in [0.2, 0.25) is 0 Å². The first kappa shape index (κ1) is 19.5. The van der Waals surface area contributed by atoms with Crippen molar-refractivity contribution in [2.45, 2.75) is 18.7 Å². The Balaban J connectivity index is 1.54. The topological polar surface area (TPSA) is 82.6 Å². The summed E-state index contributed by atoms with van der Waals surface area (Å²) in [5, 5.41) is 2.78. The van der Waals surface area contributed by atoms with Gasteiger partial charge in [-0.15, -0.1) is 0 Å². The van der Waals surface area contributed by atoms with Gasteiger partial charge in [0.1, 0.15) is 5.82 Å². The number of nitrogens with one attached hydrogen (secondary N) is 1. The normalized spacial score (nSPS) is 16.2. The number of aryl methyl sites for hydroxylation is 2. The fourth-order valence-electron chi connectivity index (χ4n) is 2.98. The highest BCUT2D eigenvalue weighted by atomic mass is 32.2. The third-order valence-corrected chi connectivity index (χ3v) is 6.45.